The Labute approximate surface area is 138 Å². The SMILES string of the molecule is C=CC(=O)NCCC(=O)N1C(=C)C(c2ccc(Cl)cc2)=CC1=O. The first-order valence-corrected chi connectivity index (χ1v) is 7.26. The third kappa shape index (κ3) is 3.76. The molecule has 118 valence electrons. The minimum absolute atomic E-state index is 0.00786. The molecule has 1 aromatic rings. The van der Waals surface area contributed by atoms with E-state index >= 15 is 0 Å². The van der Waals surface area contributed by atoms with Crippen LogP contribution in [-0.4, -0.2) is 29.2 Å². The van der Waals surface area contributed by atoms with E-state index in [0.29, 0.717) is 16.3 Å². The molecule has 6 heteroatoms. The highest BCUT2D eigenvalue weighted by atomic mass is 35.5. The Morgan fingerprint density at radius 2 is 1.91 bits per heavy atom. The van der Waals surface area contributed by atoms with Crippen LogP contribution in [0.15, 0.2) is 55.3 Å². The van der Waals surface area contributed by atoms with Crippen molar-refractivity contribution in [3.8, 4) is 0 Å². The Balaban J connectivity index is 2.06. The molecule has 5 nitrogen and oxygen atoms in total. The molecule has 0 unspecified atom stereocenters. The molecular weight excluding hydrogens is 316 g/mol. The zero-order valence-electron chi connectivity index (χ0n) is 12.3. The van der Waals surface area contributed by atoms with Crippen molar-refractivity contribution in [2.75, 3.05) is 6.54 Å². The highest BCUT2D eigenvalue weighted by molar-refractivity contribution is 6.30. The second-order valence-electron chi connectivity index (χ2n) is 4.82. The number of halogens is 1. The summed E-state index contributed by atoms with van der Waals surface area (Å²) in [5, 5.41) is 3.07. The predicted octanol–water partition coefficient (Wildman–Crippen LogP) is 2.30. The van der Waals surface area contributed by atoms with E-state index in [9.17, 15) is 14.4 Å². The summed E-state index contributed by atoms with van der Waals surface area (Å²) in [5.74, 6) is -1.24. The molecule has 0 saturated heterocycles. The second-order valence-corrected chi connectivity index (χ2v) is 5.26. The Bertz CT molecular complexity index is 720. The molecular formula is C17H15ClN2O3. The lowest BCUT2D eigenvalue weighted by Gasteiger charge is -2.17. The monoisotopic (exact) mass is 330 g/mol. The standard InChI is InChI=1S/C17H15ClN2O3/c1-3-15(21)19-9-8-16(22)20-11(2)14(10-17(20)23)12-4-6-13(18)7-5-12/h3-7,10H,1-2,8-9H2,(H,19,21). The molecule has 1 heterocycles. The van der Waals surface area contributed by atoms with Gasteiger partial charge in [-0.3, -0.25) is 14.4 Å². The van der Waals surface area contributed by atoms with Gasteiger partial charge in [0.1, 0.15) is 0 Å². The van der Waals surface area contributed by atoms with E-state index in [4.69, 9.17) is 11.6 Å². The van der Waals surface area contributed by atoms with E-state index in [2.05, 4.69) is 18.5 Å². The first-order valence-electron chi connectivity index (χ1n) is 6.88. The van der Waals surface area contributed by atoms with E-state index in [1.54, 1.807) is 24.3 Å². The topological polar surface area (TPSA) is 66.5 Å². The summed E-state index contributed by atoms with van der Waals surface area (Å²) in [6, 6.07) is 6.91. The largest absolute Gasteiger partial charge is 0.352 e. The maximum absolute atomic E-state index is 12.2. The molecule has 1 N–H and O–H groups in total. The lowest BCUT2D eigenvalue weighted by molar-refractivity contribution is -0.138. The van der Waals surface area contributed by atoms with Crippen molar-refractivity contribution >= 4 is 34.9 Å². The van der Waals surface area contributed by atoms with Crippen LogP contribution >= 0.6 is 11.6 Å². The fourth-order valence-corrected chi connectivity index (χ4v) is 2.28. The molecule has 0 fully saturated rings. The number of carbonyl (C=O) groups excluding carboxylic acids is 3. The van der Waals surface area contributed by atoms with Crippen LogP contribution in [-0.2, 0) is 14.4 Å². The van der Waals surface area contributed by atoms with Crippen LogP contribution in [0.25, 0.3) is 5.57 Å². The number of benzene rings is 1. The Morgan fingerprint density at radius 1 is 1.26 bits per heavy atom. The van der Waals surface area contributed by atoms with Crippen molar-refractivity contribution in [3.05, 3.63) is 65.9 Å². The van der Waals surface area contributed by atoms with Crippen LogP contribution in [0.2, 0.25) is 5.02 Å². The average Bonchev–Trinajstić information content (AvgIpc) is 2.82. The van der Waals surface area contributed by atoms with Gasteiger partial charge in [0.15, 0.2) is 0 Å². The summed E-state index contributed by atoms with van der Waals surface area (Å²) in [7, 11) is 0. The van der Waals surface area contributed by atoms with E-state index in [1.165, 1.54) is 6.08 Å². The molecule has 2 rings (SSSR count). The summed E-state index contributed by atoms with van der Waals surface area (Å²) < 4.78 is 0. The van der Waals surface area contributed by atoms with E-state index < -0.39 is 11.8 Å². The predicted molar refractivity (Wildman–Crippen MR) is 88.2 cm³/mol. The highest BCUT2D eigenvalue weighted by Gasteiger charge is 2.31. The van der Waals surface area contributed by atoms with E-state index in [1.807, 2.05) is 0 Å². The van der Waals surface area contributed by atoms with E-state index in [-0.39, 0.29) is 18.9 Å². The Morgan fingerprint density at radius 3 is 2.52 bits per heavy atom. The van der Waals surface area contributed by atoms with Crippen molar-refractivity contribution < 1.29 is 14.4 Å². The van der Waals surface area contributed by atoms with Gasteiger partial charge < -0.3 is 5.32 Å². The third-order valence-corrected chi connectivity index (χ3v) is 3.55. The molecule has 0 saturated carbocycles. The number of allylic oxidation sites excluding steroid dienone is 1. The molecule has 1 aromatic carbocycles. The number of rotatable bonds is 5. The molecule has 3 amide bonds. The van der Waals surface area contributed by atoms with Gasteiger partial charge in [0.25, 0.3) is 5.91 Å². The van der Waals surface area contributed by atoms with Gasteiger partial charge in [-0.1, -0.05) is 36.9 Å². The van der Waals surface area contributed by atoms with Gasteiger partial charge in [-0.25, -0.2) is 4.90 Å². The molecule has 0 aliphatic carbocycles. The fraction of sp³-hybridized carbons (Fsp3) is 0.118. The first kappa shape index (κ1) is 16.7. The van der Waals surface area contributed by atoms with Crippen LogP contribution in [0, 0.1) is 0 Å². The van der Waals surface area contributed by atoms with Crippen molar-refractivity contribution in [2.45, 2.75) is 6.42 Å². The molecule has 0 radical (unpaired) electrons. The van der Waals surface area contributed by atoms with Gasteiger partial charge in [-0.15, -0.1) is 0 Å². The number of nitrogens with one attached hydrogen (secondary N) is 1. The molecule has 1 aliphatic rings. The summed E-state index contributed by atoms with van der Waals surface area (Å²) in [4.78, 5) is 36.3. The highest BCUT2D eigenvalue weighted by Crippen LogP contribution is 2.31. The summed E-state index contributed by atoms with van der Waals surface area (Å²) in [6.07, 6.45) is 2.47. The maximum atomic E-state index is 12.2. The molecule has 0 aromatic heterocycles. The van der Waals surface area contributed by atoms with Crippen LogP contribution < -0.4 is 5.32 Å². The minimum Gasteiger partial charge on any atom is -0.352 e. The molecule has 1 aliphatic heterocycles. The number of imide groups is 1. The summed E-state index contributed by atoms with van der Waals surface area (Å²) in [6.45, 7) is 7.26. The van der Waals surface area contributed by atoms with Crippen LogP contribution in [0.1, 0.15) is 12.0 Å². The zero-order valence-corrected chi connectivity index (χ0v) is 13.1. The Hall–Kier alpha value is -2.66. The quantitative estimate of drug-likeness (QED) is 0.842. The molecule has 0 bridgehead atoms. The average molecular weight is 331 g/mol. The smallest absolute Gasteiger partial charge is 0.258 e. The van der Waals surface area contributed by atoms with Gasteiger partial charge in [-0.05, 0) is 23.8 Å². The lowest BCUT2D eigenvalue weighted by atomic mass is 10.1. The Kier molecular flexibility index (Phi) is 5.13. The number of hydrogen-bond acceptors (Lipinski definition) is 3. The molecule has 23 heavy (non-hydrogen) atoms. The molecule has 0 atom stereocenters. The number of carbonyl (C=O) groups is 3. The van der Waals surface area contributed by atoms with Crippen molar-refractivity contribution in [1.82, 2.24) is 10.2 Å². The van der Waals surface area contributed by atoms with Crippen LogP contribution in [0.5, 0.6) is 0 Å². The van der Waals surface area contributed by atoms with Gasteiger partial charge in [0, 0.05) is 29.6 Å². The number of hydrogen-bond donors (Lipinski definition) is 1. The van der Waals surface area contributed by atoms with Gasteiger partial charge in [0.05, 0.1) is 5.70 Å². The van der Waals surface area contributed by atoms with Crippen LogP contribution in [0.4, 0.5) is 0 Å². The third-order valence-electron chi connectivity index (χ3n) is 3.30. The van der Waals surface area contributed by atoms with Crippen LogP contribution in [0.3, 0.4) is 0 Å². The zero-order chi connectivity index (χ0) is 17.0. The summed E-state index contributed by atoms with van der Waals surface area (Å²) >= 11 is 5.84. The van der Waals surface area contributed by atoms with Crippen molar-refractivity contribution in [1.29, 1.82) is 0 Å². The maximum Gasteiger partial charge on any atom is 0.258 e. The van der Waals surface area contributed by atoms with E-state index in [0.717, 1.165) is 16.5 Å². The lowest BCUT2D eigenvalue weighted by Crippen LogP contribution is -2.34. The second kappa shape index (κ2) is 7.07. The summed E-state index contributed by atoms with van der Waals surface area (Å²) in [5.41, 5.74) is 1.65. The molecule has 0 spiro atoms. The number of amides is 3. The van der Waals surface area contributed by atoms with Gasteiger partial charge in [-0.2, -0.15) is 0 Å². The van der Waals surface area contributed by atoms with Gasteiger partial charge in [0.2, 0.25) is 11.8 Å². The minimum atomic E-state index is -0.444. The first-order chi connectivity index (χ1) is 10.9. The van der Waals surface area contributed by atoms with Gasteiger partial charge >= 0.3 is 0 Å². The fourth-order valence-electron chi connectivity index (χ4n) is 2.15. The van der Waals surface area contributed by atoms with Crippen molar-refractivity contribution in [3.63, 3.8) is 0 Å². The normalized spacial score (nSPS) is 13.8. The number of nitrogens with zero attached hydrogens (tertiary/aromatic N) is 1. The van der Waals surface area contributed by atoms with Crippen molar-refractivity contribution in [2.24, 2.45) is 0 Å².